The normalized spacial score (nSPS) is 29.0. The second kappa shape index (κ2) is 14.1. The zero-order valence-corrected chi connectivity index (χ0v) is 26.0. The van der Waals surface area contributed by atoms with Gasteiger partial charge in [0.15, 0.2) is 0 Å². The third-order valence-corrected chi connectivity index (χ3v) is 10.6. The van der Waals surface area contributed by atoms with E-state index >= 15 is 0 Å². The summed E-state index contributed by atoms with van der Waals surface area (Å²) in [5.74, 6) is 0.186. The number of halogens is 1. The molecule has 8 heteroatoms. The summed E-state index contributed by atoms with van der Waals surface area (Å²) in [6.07, 6.45) is 14.5. The maximum absolute atomic E-state index is 14.1. The number of nitrogens with two attached hydrogens (primary N) is 1. The number of nitrogens with zero attached hydrogens (tertiary/aromatic N) is 3. The van der Waals surface area contributed by atoms with Gasteiger partial charge in [0.05, 0.1) is 6.04 Å². The highest BCUT2D eigenvalue weighted by Gasteiger charge is 2.41. The van der Waals surface area contributed by atoms with E-state index in [1.807, 2.05) is 24.3 Å². The average Bonchev–Trinajstić information content (AvgIpc) is 3.33. The minimum atomic E-state index is -0.269. The number of amides is 3. The molecule has 2 aliphatic heterocycles. The van der Waals surface area contributed by atoms with Crippen LogP contribution in [0.15, 0.2) is 24.3 Å². The molecule has 0 bridgehead atoms. The molecule has 3 atom stereocenters. The summed E-state index contributed by atoms with van der Waals surface area (Å²) >= 11 is 6.14. The zero-order valence-electron chi connectivity index (χ0n) is 25.3. The van der Waals surface area contributed by atoms with Crippen LogP contribution in [0.5, 0.6) is 0 Å². The van der Waals surface area contributed by atoms with E-state index in [9.17, 15) is 9.59 Å². The fraction of sp³-hybridized carbons (Fsp3) is 0.758. The van der Waals surface area contributed by atoms with Gasteiger partial charge in [-0.3, -0.25) is 4.79 Å². The summed E-state index contributed by atoms with van der Waals surface area (Å²) in [6, 6.07) is 9.59. The first-order valence-electron chi connectivity index (χ1n) is 16.5. The predicted octanol–water partition coefficient (Wildman–Crippen LogP) is 5.73. The lowest BCUT2D eigenvalue weighted by Gasteiger charge is -2.46. The molecule has 3 amide bonds. The van der Waals surface area contributed by atoms with Crippen molar-refractivity contribution in [2.24, 2.45) is 5.73 Å². The lowest BCUT2D eigenvalue weighted by atomic mass is 9.90. The monoisotopic (exact) mass is 585 g/mol. The highest BCUT2D eigenvalue weighted by Crippen LogP contribution is 2.33. The van der Waals surface area contributed by atoms with Crippen molar-refractivity contribution >= 4 is 23.5 Å². The van der Waals surface area contributed by atoms with Gasteiger partial charge in [0.2, 0.25) is 5.91 Å². The maximum Gasteiger partial charge on any atom is 0.320 e. The number of piperidine rings is 1. The summed E-state index contributed by atoms with van der Waals surface area (Å²) in [5, 5.41) is 4.45. The minimum Gasteiger partial charge on any atom is -0.341 e. The summed E-state index contributed by atoms with van der Waals surface area (Å²) in [7, 11) is 0. The third-order valence-electron chi connectivity index (χ3n) is 10.4. The summed E-state index contributed by atoms with van der Waals surface area (Å²) in [5.41, 5.74) is 7.28. The number of likely N-dealkylation sites (tertiary alicyclic amines) is 2. The molecule has 4 aliphatic rings. The number of nitrogens with one attached hydrogen (secondary N) is 1. The third kappa shape index (κ3) is 7.58. The number of hydrogen-bond donors (Lipinski definition) is 2. The van der Waals surface area contributed by atoms with Crippen LogP contribution in [0.3, 0.4) is 0 Å². The lowest BCUT2D eigenvalue weighted by molar-refractivity contribution is -0.135. The van der Waals surface area contributed by atoms with Gasteiger partial charge >= 0.3 is 6.03 Å². The van der Waals surface area contributed by atoms with E-state index in [2.05, 4.69) is 33.9 Å². The van der Waals surface area contributed by atoms with Gasteiger partial charge in [0.25, 0.3) is 0 Å². The van der Waals surface area contributed by atoms with Crippen molar-refractivity contribution in [1.82, 2.24) is 20.0 Å². The Labute approximate surface area is 252 Å². The quantitative estimate of drug-likeness (QED) is 0.428. The lowest BCUT2D eigenvalue weighted by Crippen LogP contribution is -2.59. The molecular weight excluding hydrogens is 534 g/mol. The van der Waals surface area contributed by atoms with Crippen molar-refractivity contribution in [3.05, 3.63) is 34.9 Å². The number of carbonyl (C=O) groups is 2. The van der Waals surface area contributed by atoms with Gasteiger partial charge in [-0.1, -0.05) is 43.0 Å². The summed E-state index contributed by atoms with van der Waals surface area (Å²) < 4.78 is 0. The number of carbonyl (C=O) groups excluding carboxylic acids is 2. The standard InChI is InChI=1S/C33H52ClN5O2/c1-23-8-9-24(2)38(23)33(41)39(29-6-4-3-5-7-29)30-18-20-37(21-19-30)32(40)31(22-25-10-12-26(34)13-11-25)36-28-16-14-27(35)15-17-28/h10-13,23-24,27-31,36H,3-9,14-22,35H2,1-2H3/t23?,24?,27-,28+,31?. The van der Waals surface area contributed by atoms with Gasteiger partial charge < -0.3 is 25.8 Å². The molecule has 4 fully saturated rings. The van der Waals surface area contributed by atoms with Crippen LogP contribution >= 0.6 is 11.6 Å². The Morgan fingerprint density at radius 1 is 0.878 bits per heavy atom. The van der Waals surface area contributed by atoms with Crippen LogP contribution in [0.1, 0.15) is 103 Å². The second-order valence-corrected chi connectivity index (χ2v) is 13.8. The first-order chi connectivity index (χ1) is 19.8. The molecule has 2 heterocycles. The van der Waals surface area contributed by atoms with E-state index in [1.54, 1.807) is 0 Å². The molecule has 0 radical (unpaired) electrons. The van der Waals surface area contributed by atoms with Gasteiger partial charge in [-0.25, -0.2) is 4.79 Å². The first kappa shape index (κ1) is 30.6. The van der Waals surface area contributed by atoms with Crippen LogP contribution in [0.25, 0.3) is 0 Å². The van der Waals surface area contributed by atoms with Crippen molar-refractivity contribution in [1.29, 1.82) is 0 Å². The molecule has 7 nitrogen and oxygen atoms in total. The fourth-order valence-corrected chi connectivity index (χ4v) is 8.03. The molecule has 2 saturated carbocycles. The molecule has 228 valence electrons. The summed E-state index contributed by atoms with van der Waals surface area (Å²) in [6.45, 7) is 5.82. The van der Waals surface area contributed by atoms with Gasteiger partial charge in [-0.2, -0.15) is 0 Å². The molecule has 3 N–H and O–H groups in total. The van der Waals surface area contributed by atoms with Gasteiger partial charge in [0, 0.05) is 54.4 Å². The molecule has 5 rings (SSSR count). The topological polar surface area (TPSA) is 81.9 Å². The fourth-order valence-electron chi connectivity index (χ4n) is 7.90. The molecule has 0 spiro atoms. The smallest absolute Gasteiger partial charge is 0.320 e. The van der Waals surface area contributed by atoms with Gasteiger partial charge in [-0.05, 0) is 102 Å². The Bertz CT molecular complexity index is 989. The van der Waals surface area contributed by atoms with Crippen LogP contribution < -0.4 is 11.1 Å². The zero-order chi connectivity index (χ0) is 28.9. The molecule has 3 unspecified atom stereocenters. The number of benzene rings is 1. The van der Waals surface area contributed by atoms with Crippen molar-refractivity contribution in [3.8, 4) is 0 Å². The summed E-state index contributed by atoms with van der Waals surface area (Å²) in [4.78, 5) is 34.6. The molecule has 1 aromatic rings. The van der Waals surface area contributed by atoms with E-state index in [-0.39, 0.29) is 30.1 Å². The van der Waals surface area contributed by atoms with Gasteiger partial charge in [0.1, 0.15) is 0 Å². The number of hydrogen-bond acceptors (Lipinski definition) is 4. The first-order valence-corrected chi connectivity index (χ1v) is 16.8. The largest absolute Gasteiger partial charge is 0.341 e. The Kier molecular flexibility index (Phi) is 10.5. The van der Waals surface area contributed by atoms with Crippen LogP contribution in [0.2, 0.25) is 5.02 Å². The average molecular weight is 586 g/mol. The molecule has 2 saturated heterocycles. The highest BCUT2D eigenvalue weighted by atomic mass is 35.5. The van der Waals surface area contributed by atoms with E-state index in [1.165, 1.54) is 19.3 Å². The van der Waals surface area contributed by atoms with Crippen LogP contribution in [0.4, 0.5) is 4.79 Å². The molecular formula is C33H52ClN5O2. The van der Waals surface area contributed by atoms with E-state index in [4.69, 9.17) is 17.3 Å². The highest BCUT2D eigenvalue weighted by molar-refractivity contribution is 6.30. The van der Waals surface area contributed by atoms with Crippen molar-refractivity contribution in [2.75, 3.05) is 13.1 Å². The van der Waals surface area contributed by atoms with Crippen molar-refractivity contribution < 1.29 is 9.59 Å². The number of urea groups is 1. The van der Waals surface area contributed by atoms with Crippen molar-refractivity contribution in [2.45, 2.75) is 146 Å². The van der Waals surface area contributed by atoms with E-state index in [0.29, 0.717) is 48.7 Å². The molecule has 41 heavy (non-hydrogen) atoms. The minimum absolute atomic E-state index is 0.186. The predicted molar refractivity (Wildman–Crippen MR) is 166 cm³/mol. The Balaban J connectivity index is 1.26. The Morgan fingerprint density at radius 2 is 1.46 bits per heavy atom. The van der Waals surface area contributed by atoms with Crippen LogP contribution in [0, 0.1) is 0 Å². The van der Waals surface area contributed by atoms with Gasteiger partial charge in [-0.15, -0.1) is 0 Å². The SMILES string of the molecule is CC1CCC(C)N1C(=O)N(C1CCCCC1)C1CCN(C(=O)C(Cc2ccc(Cl)cc2)N[C@H]2CC[C@@H](N)CC2)CC1. The Morgan fingerprint density at radius 3 is 2.07 bits per heavy atom. The van der Waals surface area contributed by atoms with Crippen molar-refractivity contribution in [3.63, 3.8) is 0 Å². The van der Waals surface area contributed by atoms with E-state index < -0.39 is 0 Å². The maximum atomic E-state index is 14.1. The van der Waals surface area contributed by atoms with Crippen LogP contribution in [-0.2, 0) is 11.2 Å². The number of rotatable bonds is 7. The van der Waals surface area contributed by atoms with E-state index in [0.717, 1.165) is 69.8 Å². The molecule has 0 aromatic heterocycles. The van der Waals surface area contributed by atoms with Crippen LogP contribution in [-0.4, -0.2) is 82.0 Å². The second-order valence-electron chi connectivity index (χ2n) is 13.4. The molecule has 1 aromatic carbocycles. The Hall–Kier alpha value is -1.83. The molecule has 2 aliphatic carbocycles.